The lowest BCUT2D eigenvalue weighted by Gasteiger charge is -2.19. The van der Waals surface area contributed by atoms with Gasteiger partial charge in [-0.25, -0.2) is 19.4 Å². The molecular formula is C19H17F4N3O4. The molecule has 0 aliphatic rings. The molecule has 3 N–H and O–H groups in total. The van der Waals surface area contributed by atoms with E-state index in [-0.39, 0.29) is 18.2 Å². The van der Waals surface area contributed by atoms with Crippen LogP contribution in [-0.2, 0) is 12.6 Å². The van der Waals surface area contributed by atoms with Crippen molar-refractivity contribution in [1.82, 2.24) is 15.8 Å². The highest BCUT2D eigenvalue weighted by atomic mass is 19.4. The largest absolute Gasteiger partial charge is 0.478 e. The molecular weight excluding hydrogens is 410 g/mol. The number of urea groups is 1. The third-order valence-corrected chi connectivity index (χ3v) is 3.95. The summed E-state index contributed by atoms with van der Waals surface area (Å²) in [6.45, 7) is 0.137. The summed E-state index contributed by atoms with van der Waals surface area (Å²) in [6, 6.07) is 6.58. The Hall–Kier alpha value is -3.63. The van der Waals surface area contributed by atoms with Crippen LogP contribution in [0.5, 0.6) is 0 Å². The smallest absolute Gasteiger partial charge is 0.416 e. The van der Waals surface area contributed by atoms with Crippen LogP contribution in [0.2, 0.25) is 0 Å². The molecule has 0 saturated heterocycles. The molecule has 3 amide bonds. The number of carbonyl (C=O) groups excluding carboxylic acids is 2. The lowest BCUT2D eigenvalue weighted by Crippen LogP contribution is -2.48. The van der Waals surface area contributed by atoms with E-state index in [9.17, 15) is 31.9 Å². The van der Waals surface area contributed by atoms with Crippen molar-refractivity contribution >= 4 is 17.9 Å². The number of carboxylic acids is 1. The summed E-state index contributed by atoms with van der Waals surface area (Å²) in [6.07, 6.45) is -4.47. The van der Waals surface area contributed by atoms with E-state index >= 15 is 0 Å². The van der Waals surface area contributed by atoms with Crippen LogP contribution in [0.3, 0.4) is 0 Å². The van der Waals surface area contributed by atoms with Crippen LogP contribution in [0.15, 0.2) is 42.5 Å². The Bertz CT molecular complexity index is 946. The van der Waals surface area contributed by atoms with E-state index in [1.54, 1.807) is 12.1 Å². The van der Waals surface area contributed by atoms with Crippen LogP contribution in [0.1, 0.15) is 31.8 Å². The molecule has 0 spiro atoms. The quantitative estimate of drug-likeness (QED) is 0.505. The third-order valence-electron chi connectivity index (χ3n) is 3.95. The van der Waals surface area contributed by atoms with Crippen molar-refractivity contribution < 1.29 is 37.1 Å². The third kappa shape index (κ3) is 6.19. The number of nitrogens with zero attached hydrogens (tertiary/aromatic N) is 1. The second-order valence-corrected chi connectivity index (χ2v) is 6.21. The van der Waals surface area contributed by atoms with Crippen molar-refractivity contribution in [2.75, 3.05) is 13.6 Å². The molecule has 0 radical (unpaired) electrons. The zero-order valence-electron chi connectivity index (χ0n) is 15.6. The Morgan fingerprint density at radius 1 is 1.03 bits per heavy atom. The summed E-state index contributed by atoms with van der Waals surface area (Å²) in [4.78, 5) is 34.9. The molecule has 2 aromatic rings. The van der Waals surface area contributed by atoms with E-state index in [2.05, 4.69) is 10.7 Å². The summed E-state index contributed by atoms with van der Waals surface area (Å²) in [7, 11) is 1.10. The predicted octanol–water partition coefficient (Wildman–Crippen LogP) is 3.07. The van der Waals surface area contributed by atoms with Gasteiger partial charge in [0.1, 0.15) is 5.82 Å². The van der Waals surface area contributed by atoms with Gasteiger partial charge in [-0.05, 0) is 42.3 Å². The van der Waals surface area contributed by atoms with Crippen LogP contribution in [-0.4, -0.2) is 41.6 Å². The van der Waals surface area contributed by atoms with Crippen LogP contribution < -0.4 is 10.7 Å². The van der Waals surface area contributed by atoms with E-state index in [1.807, 2.05) is 0 Å². The maximum atomic E-state index is 13.4. The minimum Gasteiger partial charge on any atom is -0.478 e. The molecule has 0 heterocycles. The zero-order valence-corrected chi connectivity index (χ0v) is 15.6. The fourth-order valence-corrected chi connectivity index (χ4v) is 2.45. The highest BCUT2D eigenvalue weighted by molar-refractivity contribution is 5.95. The number of alkyl halides is 3. The Labute approximate surface area is 168 Å². The molecule has 0 aromatic heterocycles. The molecule has 0 saturated carbocycles. The second-order valence-electron chi connectivity index (χ2n) is 6.21. The van der Waals surface area contributed by atoms with Crippen molar-refractivity contribution in [1.29, 1.82) is 0 Å². The fraction of sp³-hybridized carbons (Fsp3) is 0.211. The van der Waals surface area contributed by atoms with Gasteiger partial charge in [0, 0.05) is 19.2 Å². The van der Waals surface area contributed by atoms with Gasteiger partial charge in [-0.3, -0.25) is 9.80 Å². The molecule has 160 valence electrons. The van der Waals surface area contributed by atoms with Crippen molar-refractivity contribution in [2.24, 2.45) is 0 Å². The standard InChI is InChI=1S/C19H17F4N3O4/c1-26(16(27)13-8-14(19(21,22)23)10-15(20)9-13)25-18(30)24-7-6-11-2-4-12(5-3-11)17(28)29/h2-5,8-10H,6-7H2,1H3,(H,28,29)(H2,24,25,30). The Morgan fingerprint density at radius 2 is 1.67 bits per heavy atom. The number of rotatable bonds is 5. The zero-order chi connectivity index (χ0) is 22.5. The summed E-state index contributed by atoms with van der Waals surface area (Å²) in [5.74, 6) is -3.34. The number of halogens is 4. The Balaban J connectivity index is 1.90. The lowest BCUT2D eigenvalue weighted by atomic mass is 10.1. The Morgan fingerprint density at radius 3 is 2.23 bits per heavy atom. The van der Waals surface area contributed by atoms with E-state index < -0.39 is 41.0 Å². The Kier molecular flexibility index (Phi) is 6.98. The second kappa shape index (κ2) is 9.25. The number of amides is 3. The highest BCUT2D eigenvalue weighted by Gasteiger charge is 2.32. The summed E-state index contributed by atoms with van der Waals surface area (Å²) < 4.78 is 51.7. The highest BCUT2D eigenvalue weighted by Crippen LogP contribution is 2.30. The van der Waals surface area contributed by atoms with Crippen molar-refractivity contribution in [3.8, 4) is 0 Å². The first-order chi connectivity index (χ1) is 14.0. The average Bonchev–Trinajstić information content (AvgIpc) is 2.66. The van der Waals surface area contributed by atoms with Gasteiger partial charge >= 0.3 is 18.2 Å². The molecule has 30 heavy (non-hydrogen) atoms. The van der Waals surface area contributed by atoms with Gasteiger partial charge in [0.05, 0.1) is 11.1 Å². The van der Waals surface area contributed by atoms with Gasteiger partial charge < -0.3 is 10.4 Å². The maximum absolute atomic E-state index is 13.4. The van der Waals surface area contributed by atoms with Crippen molar-refractivity contribution in [3.63, 3.8) is 0 Å². The number of carboxylic acid groups (broad SMARTS) is 1. The van der Waals surface area contributed by atoms with Gasteiger partial charge in [-0.2, -0.15) is 13.2 Å². The summed E-state index contributed by atoms with van der Waals surface area (Å²) >= 11 is 0. The molecule has 0 unspecified atom stereocenters. The first kappa shape index (κ1) is 22.7. The minimum atomic E-state index is -4.83. The SMILES string of the molecule is CN(NC(=O)NCCc1ccc(C(=O)O)cc1)C(=O)c1cc(F)cc(C(F)(F)F)c1. The van der Waals surface area contributed by atoms with Gasteiger partial charge in [-0.1, -0.05) is 12.1 Å². The molecule has 0 aliphatic carbocycles. The molecule has 11 heteroatoms. The van der Waals surface area contributed by atoms with E-state index in [0.717, 1.165) is 12.6 Å². The monoisotopic (exact) mass is 427 g/mol. The van der Waals surface area contributed by atoms with E-state index in [4.69, 9.17) is 5.11 Å². The topological polar surface area (TPSA) is 98.7 Å². The summed E-state index contributed by atoms with van der Waals surface area (Å²) in [5.41, 5.74) is 1.09. The van der Waals surface area contributed by atoms with Gasteiger partial charge in [0.15, 0.2) is 0 Å². The van der Waals surface area contributed by atoms with Crippen LogP contribution in [0, 0.1) is 5.82 Å². The van der Waals surface area contributed by atoms with Crippen LogP contribution in [0.4, 0.5) is 22.4 Å². The molecule has 0 aliphatic heterocycles. The number of nitrogens with one attached hydrogen (secondary N) is 2. The normalized spacial score (nSPS) is 11.0. The van der Waals surface area contributed by atoms with Crippen molar-refractivity contribution in [2.45, 2.75) is 12.6 Å². The number of hydrogen-bond donors (Lipinski definition) is 3. The predicted molar refractivity (Wildman–Crippen MR) is 97.1 cm³/mol. The molecule has 2 aromatic carbocycles. The molecule has 0 fully saturated rings. The average molecular weight is 427 g/mol. The molecule has 2 rings (SSSR count). The maximum Gasteiger partial charge on any atom is 0.416 e. The van der Waals surface area contributed by atoms with E-state index in [0.29, 0.717) is 23.6 Å². The number of hydrogen-bond acceptors (Lipinski definition) is 3. The molecule has 0 atom stereocenters. The minimum absolute atomic E-state index is 0.121. The molecule has 7 nitrogen and oxygen atoms in total. The van der Waals surface area contributed by atoms with Crippen molar-refractivity contribution in [3.05, 3.63) is 70.5 Å². The van der Waals surface area contributed by atoms with Gasteiger partial charge in [-0.15, -0.1) is 0 Å². The van der Waals surface area contributed by atoms with E-state index in [1.165, 1.54) is 12.1 Å². The summed E-state index contributed by atoms with van der Waals surface area (Å²) in [5, 5.41) is 11.9. The van der Waals surface area contributed by atoms with Gasteiger partial charge in [0.2, 0.25) is 0 Å². The first-order valence-electron chi connectivity index (χ1n) is 8.50. The molecule has 0 bridgehead atoms. The van der Waals surface area contributed by atoms with Gasteiger partial charge in [0.25, 0.3) is 5.91 Å². The number of benzene rings is 2. The lowest BCUT2D eigenvalue weighted by molar-refractivity contribution is -0.137. The first-order valence-corrected chi connectivity index (χ1v) is 8.50. The number of carbonyl (C=O) groups is 3. The fourth-order valence-electron chi connectivity index (χ4n) is 2.45. The van der Waals surface area contributed by atoms with Crippen LogP contribution in [0.25, 0.3) is 0 Å². The number of hydrazine groups is 1. The number of aromatic carboxylic acids is 1. The van der Waals surface area contributed by atoms with Crippen LogP contribution >= 0.6 is 0 Å².